The minimum Gasteiger partial charge on any atom is -0.483 e. The second kappa shape index (κ2) is 10.5. The first-order valence-corrected chi connectivity index (χ1v) is 13.1. The van der Waals surface area contributed by atoms with Gasteiger partial charge in [0.25, 0.3) is 0 Å². The molecule has 2 aromatic carbocycles. The maximum Gasteiger partial charge on any atom is 0.191 e. The number of hydrogen-bond acceptors (Lipinski definition) is 6. The van der Waals surface area contributed by atoms with Crippen LogP contribution in [-0.4, -0.2) is 19.7 Å². The van der Waals surface area contributed by atoms with Gasteiger partial charge in [0.05, 0.1) is 5.69 Å². The summed E-state index contributed by atoms with van der Waals surface area (Å²) in [5.41, 5.74) is 4.78. The molecular formula is C26H30N4OS2. The van der Waals surface area contributed by atoms with E-state index >= 15 is 0 Å². The molecule has 0 aliphatic heterocycles. The van der Waals surface area contributed by atoms with Crippen LogP contribution in [0.15, 0.2) is 59.1 Å². The SMILES string of the molecule is CCn1c(SCc2csc(-c3cccc(C)c3)n2)nnc1C(C)Oc1ccc(C(C)C)cc1. The largest absolute Gasteiger partial charge is 0.483 e. The van der Waals surface area contributed by atoms with E-state index in [-0.39, 0.29) is 6.10 Å². The Bertz CT molecular complexity index is 1200. The van der Waals surface area contributed by atoms with Gasteiger partial charge >= 0.3 is 0 Å². The average molecular weight is 479 g/mol. The van der Waals surface area contributed by atoms with Crippen molar-refractivity contribution in [1.29, 1.82) is 0 Å². The quantitative estimate of drug-likeness (QED) is 0.237. The molecular weight excluding hydrogens is 448 g/mol. The van der Waals surface area contributed by atoms with Crippen molar-refractivity contribution in [2.45, 2.75) is 64.1 Å². The second-order valence-corrected chi connectivity index (χ2v) is 10.2. The van der Waals surface area contributed by atoms with Crippen LogP contribution in [0.2, 0.25) is 0 Å². The molecule has 0 bridgehead atoms. The van der Waals surface area contributed by atoms with Crippen molar-refractivity contribution in [2.24, 2.45) is 0 Å². The summed E-state index contributed by atoms with van der Waals surface area (Å²) < 4.78 is 8.30. The first-order valence-electron chi connectivity index (χ1n) is 11.3. The molecule has 0 aliphatic carbocycles. The van der Waals surface area contributed by atoms with Gasteiger partial charge in [-0.05, 0) is 50.5 Å². The van der Waals surface area contributed by atoms with Crippen molar-refractivity contribution >= 4 is 23.1 Å². The summed E-state index contributed by atoms with van der Waals surface area (Å²) >= 11 is 3.35. The summed E-state index contributed by atoms with van der Waals surface area (Å²) in [6.07, 6.45) is -0.191. The highest BCUT2D eigenvalue weighted by Crippen LogP contribution is 2.30. The van der Waals surface area contributed by atoms with E-state index in [0.29, 0.717) is 5.92 Å². The molecule has 0 radical (unpaired) electrons. The number of nitrogens with zero attached hydrogens (tertiary/aromatic N) is 4. The molecule has 4 aromatic rings. The van der Waals surface area contributed by atoms with E-state index in [9.17, 15) is 0 Å². The van der Waals surface area contributed by atoms with Crippen LogP contribution < -0.4 is 4.74 Å². The zero-order valence-electron chi connectivity index (χ0n) is 19.8. The molecule has 0 N–H and O–H groups in total. The molecule has 0 amide bonds. The highest BCUT2D eigenvalue weighted by atomic mass is 32.2. The predicted octanol–water partition coefficient (Wildman–Crippen LogP) is 7.29. The van der Waals surface area contributed by atoms with Crippen LogP contribution in [0, 0.1) is 6.92 Å². The number of hydrogen-bond donors (Lipinski definition) is 0. The summed E-state index contributed by atoms with van der Waals surface area (Å²) in [4.78, 5) is 4.82. The van der Waals surface area contributed by atoms with Crippen LogP contribution in [0.3, 0.4) is 0 Å². The van der Waals surface area contributed by atoms with Crippen LogP contribution in [0.25, 0.3) is 10.6 Å². The Hall–Kier alpha value is -2.64. The fourth-order valence-electron chi connectivity index (χ4n) is 3.62. The maximum absolute atomic E-state index is 6.17. The predicted molar refractivity (Wildman–Crippen MR) is 137 cm³/mol. The van der Waals surface area contributed by atoms with Crippen LogP contribution in [0.5, 0.6) is 5.75 Å². The van der Waals surface area contributed by atoms with Crippen molar-refractivity contribution in [2.75, 3.05) is 0 Å². The molecule has 172 valence electrons. The second-order valence-electron chi connectivity index (χ2n) is 8.37. The first kappa shape index (κ1) is 23.5. The van der Waals surface area contributed by atoms with Gasteiger partial charge in [-0.25, -0.2) is 4.98 Å². The molecule has 1 atom stereocenters. The van der Waals surface area contributed by atoms with Crippen LogP contribution in [-0.2, 0) is 12.3 Å². The zero-order valence-corrected chi connectivity index (χ0v) is 21.4. The van der Waals surface area contributed by atoms with Gasteiger partial charge in [-0.2, -0.15) is 0 Å². The van der Waals surface area contributed by atoms with Gasteiger partial charge in [0.15, 0.2) is 17.1 Å². The molecule has 2 heterocycles. The third-order valence-electron chi connectivity index (χ3n) is 5.45. The van der Waals surface area contributed by atoms with E-state index in [1.807, 2.05) is 19.1 Å². The van der Waals surface area contributed by atoms with Gasteiger partial charge in [0.1, 0.15) is 10.8 Å². The zero-order chi connectivity index (χ0) is 23.4. The van der Waals surface area contributed by atoms with Gasteiger partial charge in [0, 0.05) is 23.2 Å². The van der Waals surface area contributed by atoms with E-state index in [4.69, 9.17) is 9.72 Å². The summed E-state index contributed by atoms with van der Waals surface area (Å²) in [6, 6.07) is 16.8. The van der Waals surface area contributed by atoms with E-state index < -0.39 is 0 Å². The molecule has 4 rings (SSSR count). The maximum atomic E-state index is 6.17. The molecule has 7 heteroatoms. The number of thiazole rings is 1. The lowest BCUT2D eigenvalue weighted by atomic mass is 10.0. The molecule has 0 saturated heterocycles. The van der Waals surface area contributed by atoms with Gasteiger partial charge in [-0.15, -0.1) is 21.5 Å². The van der Waals surface area contributed by atoms with Crippen molar-refractivity contribution < 1.29 is 4.74 Å². The molecule has 5 nitrogen and oxygen atoms in total. The summed E-state index contributed by atoms with van der Waals surface area (Å²) in [5, 5.41) is 13.0. The summed E-state index contributed by atoms with van der Waals surface area (Å²) in [6.45, 7) is 11.4. The Morgan fingerprint density at radius 2 is 1.85 bits per heavy atom. The molecule has 1 unspecified atom stereocenters. The Morgan fingerprint density at radius 3 is 2.55 bits per heavy atom. The number of rotatable bonds is 9. The van der Waals surface area contributed by atoms with E-state index in [0.717, 1.165) is 39.7 Å². The van der Waals surface area contributed by atoms with Crippen molar-refractivity contribution in [3.63, 3.8) is 0 Å². The minimum atomic E-state index is -0.191. The van der Waals surface area contributed by atoms with Crippen molar-refractivity contribution in [1.82, 2.24) is 19.7 Å². The number of aromatic nitrogens is 4. The van der Waals surface area contributed by atoms with Crippen molar-refractivity contribution in [3.8, 4) is 16.3 Å². The van der Waals surface area contributed by atoms with Gasteiger partial charge in [0.2, 0.25) is 0 Å². The van der Waals surface area contributed by atoms with E-state index in [2.05, 4.69) is 84.2 Å². The van der Waals surface area contributed by atoms with E-state index in [1.54, 1.807) is 23.1 Å². The smallest absolute Gasteiger partial charge is 0.191 e. The number of thioether (sulfide) groups is 1. The Kier molecular flexibility index (Phi) is 7.50. The summed E-state index contributed by atoms with van der Waals surface area (Å²) in [7, 11) is 0. The van der Waals surface area contributed by atoms with Crippen LogP contribution in [0.1, 0.15) is 62.4 Å². The highest BCUT2D eigenvalue weighted by Gasteiger charge is 2.19. The molecule has 2 aromatic heterocycles. The number of benzene rings is 2. The standard InChI is InChI=1S/C26H30N4OS2/c1-6-30-24(19(5)31-23-12-10-20(11-13-23)17(2)3)28-29-26(30)33-16-22-15-32-25(27-22)21-9-7-8-18(4)14-21/h7-15,17,19H,6,16H2,1-5H3. The van der Waals surface area contributed by atoms with Gasteiger partial charge < -0.3 is 9.30 Å². The number of aryl methyl sites for hydroxylation is 1. The Labute approximate surface area is 204 Å². The van der Waals surface area contributed by atoms with Gasteiger partial charge in [-0.3, -0.25) is 0 Å². The topological polar surface area (TPSA) is 52.8 Å². The third kappa shape index (κ3) is 5.65. The highest BCUT2D eigenvalue weighted by molar-refractivity contribution is 7.98. The van der Waals surface area contributed by atoms with Crippen LogP contribution >= 0.6 is 23.1 Å². The molecule has 0 saturated carbocycles. The van der Waals surface area contributed by atoms with Gasteiger partial charge in [-0.1, -0.05) is 61.5 Å². The first-order chi connectivity index (χ1) is 15.9. The lowest BCUT2D eigenvalue weighted by Crippen LogP contribution is -2.12. The molecule has 0 fully saturated rings. The minimum absolute atomic E-state index is 0.191. The molecule has 33 heavy (non-hydrogen) atoms. The monoisotopic (exact) mass is 478 g/mol. The lowest BCUT2D eigenvalue weighted by molar-refractivity contribution is 0.210. The third-order valence-corrected chi connectivity index (χ3v) is 7.39. The number of ether oxygens (including phenoxy) is 1. The summed E-state index contributed by atoms with van der Waals surface area (Å²) in [5.74, 6) is 2.95. The normalized spacial score (nSPS) is 12.3. The van der Waals surface area contributed by atoms with Crippen LogP contribution in [0.4, 0.5) is 0 Å². The fourth-order valence-corrected chi connectivity index (χ4v) is 5.44. The van der Waals surface area contributed by atoms with Crippen molar-refractivity contribution in [3.05, 3.63) is 76.6 Å². The Morgan fingerprint density at radius 1 is 1.06 bits per heavy atom. The molecule has 0 aliphatic rings. The fraction of sp³-hybridized carbons (Fsp3) is 0.346. The molecule has 0 spiro atoms. The van der Waals surface area contributed by atoms with E-state index in [1.165, 1.54) is 16.7 Å². The average Bonchev–Trinajstić information content (AvgIpc) is 3.45. The Balaban J connectivity index is 1.42. The lowest BCUT2D eigenvalue weighted by Gasteiger charge is -2.16.